The Morgan fingerprint density at radius 3 is 0.500 bits per heavy atom. The van der Waals surface area contributed by atoms with Gasteiger partial charge in [-0.2, -0.15) is 0 Å². The number of rotatable bonds is 6. The average Bonchev–Trinajstić information content (AvgIpc) is 3.06. The molecule has 6 aromatic carbocycles. The van der Waals surface area contributed by atoms with Gasteiger partial charge in [0.05, 0.1) is 15.8 Å². The monoisotopic (exact) mass is 621 g/mol. The van der Waals surface area contributed by atoms with E-state index >= 15 is 0 Å². The maximum atomic E-state index is 4.39. The zero-order valence-electron chi connectivity index (χ0n) is 22.1. The van der Waals surface area contributed by atoms with E-state index in [-0.39, 0.29) is 0 Å². The second-order valence-corrected chi connectivity index (χ2v) is 13.9. The van der Waals surface area contributed by atoms with Crippen LogP contribution in [0.4, 0.5) is 0 Å². The molecule has 0 aliphatic heterocycles. The van der Waals surface area contributed by atoms with Crippen LogP contribution in [0.15, 0.2) is 182 Å². The standard InChI is InChI=1S/2C18H15P.ClH.Co.H/c2*1-4-10-16(11-5-1)19(17-12-6-2-7-13-17)18-14-8-3-9-15-18;;;/h2*1-15H;1H;;/q;;;+1;/p+1. The minimum atomic E-state index is -0.877. The van der Waals surface area contributed by atoms with Gasteiger partial charge < -0.3 is 0 Å². The SMILES string of the molecule is [Cl][CoH].c1ccc([PH+](c2ccccc2)c2ccccc2)cc1.c1ccc([PH+](c2ccccc2)c2ccccc2)cc1. The van der Waals surface area contributed by atoms with Gasteiger partial charge in [0.1, 0.15) is 31.8 Å². The van der Waals surface area contributed by atoms with E-state index in [0.29, 0.717) is 0 Å². The fourth-order valence-electron chi connectivity index (χ4n) is 4.63. The average molecular weight is 622 g/mol. The summed E-state index contributed by atoms with van der Waals surface area (Å²) in [5.74, 6) is 0. The van der Waals surface area contributed by atoms with Gasteiger partial charge in [-0.25, -0.2) is 0 Å². The molecule has 0 fully saturated rings. The topological polar surface area (TPSA) is 0 Å². The van der Waals surface area contributed by atoms with Crippen LogP contribution in [0, 0.1) is 0 Å². The van der Waals surface area contributed by atoms with Crippen molar-refractivity contribution >= 4 is 57.8 Å². The molecule has 0 saturated carbocycles. The van der Waals surface area contributed by atoms with Gasteiger partial charge in [0, 0.05) is 0 Å². The number of hydrogen-bond donors (Lipinski definition) is 0. The molecule has 0 atom stereocenters. The van der Waals surface area contributed by atoms with Crippen LogP contribution in [0.25, 0.3) is 0 Å². The Morgan fingerprint density at radius 1 is 0.250 bits per heavy atom. The molecule has 40 heavy (non-hydrogen) atoms. The van der Waals surface area contributed by atoms with Crippen molar-refractivity contribution in [1.29, 1.82) is 0 Å². The fraction of sp³-hybridized carbons (Fsp3) is 0. The van der Waals surface area contributed by atoms with Gasteiger partial charge in [-0.3, -0.25) is 0 Å². The molecule has 0 N–H and O–H groups in total. The van der Waals surface area contributed by atoms with E-state index < -0.39 is 15.8 Å². The van der Waals surface area contributed by atoms with E-state index in [0.717, 1.165) is 0 Å². The van der Waals surface area contributed by atoms with Crippen molar-refractivity contribution in [3.63, 3.8) is 0 Å². The van der Waals surface area contributed by atoms with Gasteiger partial charge in [-0.05, 0) is 72.8 Å². The molecule has 6 aromatic rings. The smallest absolute Gasteiger partial charge is 0.0620 e. The van der Waals surface area contributed by atoms with Gasteiger partial charge in [0.15, 0.2) is 0 Å². The van der Waals surface area contributed by atoms with Crippen molar-refractivity contribution in [2.75, 3.05) is 0 Å². The van der Waals surface area contributed by atoms with E-state index in [9.17, 15) is 0 Å². The van der Waals surface area contributed by atoms with Gasteiger partial charge in [-0.1, -0.05) is 109 Å². The Labute approximate surface area is 253 Å². The van der Waals surface area contributed by atoms with Crippen molar-refractivity contribution in [3.05, 3.63) is 182 Å². The number of halogens is 1. The van der Waals surface area contributed by atoms with Crippen LogP contribution < -0.4 is 31.8 Å². The Balaban J connectivity index is 0.000000174. The van der Waals surface area contributed by atoms with Crippen molar-refractivity contribution in [2.45, 2.75) is 0 Å². The quantitative estimate of drug-likeness (QED) is 0.180. The summed E-state index contributed by atoms with van der Waals surface area (Å²) in [4.78, 5) is 0. The number of hydrogen-bond acceptors (Lipinski definition) is 0. The molecule has 0 bridgehead atoms. The molecule has 4 heteroatoms. The fourth-order valence-corrected chi connectivity index (χ4v) is 9.78. The van der Waals surface area contributed by atoms with Gasteiger partial charge in [0.25, 0.3) is 0 Å². The summed E-state index contributed by atoms with van der Waals surface area (Å²) in [6.07, 6.45) is 0. The summed E-state index contributed by atoms with van der Waals surface area (Å²) in [6, 6.07) is 65.0. The summed E-state index contributed by atoms with van der Waals surface area (Å²) in [5.41, 5.74) is 0. The summed E-state index contributed by atoms with van der Waals surface area (Å²) >= 11 is 2.72. The van der Waals surface area contributed by atoms with Crippen molar-refractivity contribution in [1.82, 2.24) is 0 Å². The summed E-state index contributed by atoms with van der Waals surface area (Å²) in [5, 5.41) is 8.61. The third-order valence-corrected chi connectivity index (χ3v) is 11.8. The van der Waals surface area contributed by atoms with Crippen LogP contribution in [0.5, 0.6) is 0 Å². The van der Waals surface area contributed by atoms with E-state index in [1.165, 1.54) is 31.8 Å². The third kappa shape index (κ3) is 8.49. The summed E-state index contributed by atoms with van der Waals surface area (Å²) in [6.45, 7) is 0. The third-order valence-electron chi connectivity index (χ3n) is 6.37. The molecular weight excluding hydrogens is 589 g/mol. The first-order chi connectivity index (χ1) is 19.9. The minimum absolute atomic E-state index is 0.877. The molecular formula is C36H33ClCoP2+2. The van der Waals surface area contributed by atoms with E-state index in [1.54, 1.807) is 0 Å². The molecule has 0 saturated heterocycles. The zero-order valence-corrected chi connectivity index (χ0v) is 25.9. The van der Waals surface area contributed by atoms with Crippen LogP contribution in [0.1, 0.15) is 0 Å². The largest absolute Gasteiger partial charge is 0.102 e. The molecule has 0 aromatic heterocycles. The van der Waals surface area contributed by atoms with E-state index in [4.69, 9.17) is 0 Å². The Kier molecular flexibility index (Phi) is 12.7. The molecule has 201 valence electrons. The molecule has 0 aliphatic carbocycles. The van der Waals surface area contributed by atoms with Crippen molar-refractivity contribution in [2.24, 2.45) is 0 Å². The second kappa shape index (κ2) is 16.9. The molecule has 0 spiro atoms. The van der Waals surface area contributed by atoms with Crippen LogP contribution in [-0.2, 0) is 14.8 Å². The summed E-state index contributed by atoms with van der Waals surface area (Å²) < 4.78 is 0. The molecule has 0 nitrogen and oxygen atoms in total. The molecule has 0 aliphatic rings. The maximum absolute atomic E-state index is 4.39. The Bertz CT molecular complexity index is 1180. The molecule has 0 amide bonds. The second-order valence-electron chi connectivity index (χ2n) is 8.95. The predicted octanol–water partition coefficient (Wildman–Crippen LogP) is 6.77. The van der Waals surface area contributed by atoms with Crippen LogP contribution >= 0.6 is 26.0 Å². The minimum Gasteiger partial charge on any atom is -0.0620 e. The maximum Gasteiger partial charge on any atom is 0.102 e. The van der Waals surface area contributed by atoms with Gasteiger partial charge >= 0.3 is 25.0 Å². The van der Waals surface area contributed by atoms with Crippen molar-refractivity contribution < 1.29 is 14.8 Å². The molecule has 0 heterocycles. The van der Waals surface area contributed by atoms with E-state index in [1.807, 2.05) is 0 Å². The van der Waals surface area contributed by atoms with Gasteiger partial charge in [-0.15, -0.1) is 0 Å². The molecule has 0 unspecified atom stereocenters. The van der Waals surface area contributed by atoms with Gasteiger partial charge in [0.2, 0.25) is 0 Å². The van der Waals surface area contributed by atoms with E-state index in [2.05, 4.69) is 207 Å². The molecule has 6 rings (SSSR count). The Hall–Kier alpha value is -3.02. The predicted molar refractivity (Wildman–Crippen MR) is 180 cm³/mol. The first-order valence-electron chi connectivity index (χ1n) is 13.1. The van der Waals surface area contributed by atoms with Crippen LogP contribution in [0.2, 0.25) is 0 Å². The van der Waals surface area contributed by atoms with Crippen molar-refractivity contribution in [3.8, 4) is 0 Å². The zero-order chi connectivity index (χ0) is 27.8. The first-order valence-corrected chi connectivity index (χ1v) is 17.6. The number of benzene rings is 6. The first kappa shape index (κ1) is 29.9. The Morgan fingerprint density at radius 2 is 0.375 bits per heavy atom. The van der Waals surface area contributed by atoms with Crippen LogP contribution in [0.3, 0.4) is 0 Å². The van der Waals surface area contributed by atoms with Crippen LogP contribution in [-0.4, -0.2) is 0 Å². The normalized spacial score (nSPS) is 10.2. The summed E-state index contributed by atoms with van der Waals surface area (Å²) in [7, 11) is 2.63. The molecule has 0 radical (unpaired) electrons.